The Balaban J connectivity index is 2.51. The van der Waals surface area contributed by atoms with Gasteiger partial charge in [-0.3, -0.25) is 4.79 Å². The third kappa shape index (κ3) is 6.91. The first-order valence-electron chi connectivity index (χ1n) is 7.74. The van der Waals surface area contributed by atoms with Crippen LogP contribution >= 0.6 is 0 Å². The quantitative estimate of drug-likeness (QED) is 0.725. The maximum atomic E-state index is 11.2. The van der Waals surface area contributed by atoms with E-state index < -0.39 is 6.10 Å². The number of ether oxygens (including phenoxy) is 1. The first-order valence-corrected chi connectivity index (χ1v) is 7.74. The second-order valence-electron chi connectivity index (χ2n) is 5.83. The van der Waals surface area contributed by atoms with Crippen LogP contribution in [0.1, 0.15) is 26.3 Å². The SMILES string of the molecule is CC(=O)N(C)CCc1ccccc1OCC(O)CNC(C)C. The molecule has 2 N–H and O–H groups in total. The number of hydrogen-bond donors (Lipinski definition) is 2. The van der Waals surface area contributed by atoms with Gasteiger partial charge in [0.25, 0.3) is 0 Å². The number of likely N-dealkylation sites (N-methyl/N-ethyl adjacent to an activating group) is 1. The molecule has 0 aromatic heterocycles. The minimum absolute atomic E-state index is 0.0496. The molecule has 22 heavy (non-hydrogen) atoms. The van der Waals surface area contributed by atoms with Crippen LogP contribution in [0.2, 0.25) is 0 Å². The van der Waals surface area contributed by atoms with Crippen molar-refractivity contribution < 1.29 is 14.6 Å². The standard InChI is InChI=1S/C17H28N2O3/c1-13(2)18-11-16(21)12-22-17-8-6-5-7-15(17)9-10-19(4)14(3)20/h5-8,13,16,18,21H,9-12H2,1-4H3. The van der Waals surface area contributed by atoms with E-state index in [0.29, 0.717) is 19.1 Å². The van der Waals surface area contributed by atoms with Crippen molar-refractivity contribution in [2.75, 3.05) is 26.7 Å². The summed E-state index contributed by atoms with van der Waals surface area (Å²) in [6.07, 6.45) is 0.183. The summed E-state index contributed by atoms with van der Waals surface area (Å²) in [5, 5.41) is 13.1. The molecule has 1 aromatic rings. The smallest absolute Gasteiger partial charge is 0.219 e. The van der Waals surface area contributed by atoms with Crippen LogP contribution in [0.4, 0.5) is 0 Å². The highest BCUT2D eigenvalue weighted by molar-refractivity contribution is 5.72. The molecule has 0 heterocycles. The monoisotopic (exact) mass is 308 g/mol. The van der Waals surface area contributed by atoms with Crippen molar-refractivity contribution in [3.05, 3.63) is 29.8 Å². The lowest BCUT2D eigenvalue weighted by Gasteiger charge is -2.18. The molecular formula is C17H28N2O3. The van der Waals surface area contributed by atoms with Gasteiger partial charge < -0.3 is 20.1 Å². The van der Waals surface area contributed by atoms with Crippen molar-refractivity contribution in [1.29, 1.82) is 0 Å². The highest BCUT2D eigenvalue weighted by Gasteiger charge is 2.10. The fraction of sp³-hybridized carbons (Fsp3) is 0.588. The van der Waals surface area contributed by atoms with Gasteiger partial charge in [0.05, 0.1) is 0 Å². The molecule has 0 aliphatic heterocycles. The van der Waals surface area contributed by atoms with Crippen LogP contribution in [-0.4, -0.2) is 54.8 Å². The first kappa shape index (κ1) is 18.5. The number of hydrogen-bond acceptors (Lipinski definition) is 4. The zero-order valence-corrected chi connectivity index (χ0v) is 14.0. The number of nitrogens with zero attached hydrogens (tertiary/aromatic N) is 1. The number of benzene rings is 1. The summed E-state index contributed by atoms with van der Waals surface area (Å²) in [5.74, 6) is 0.816. The number of amides is 1. The number of aliphatic hydroxyl groups excluding tert-OH is 1. The van der Waals surface area contributed by atoms with Crippen LogP contribution in [0.25, 0.3) is 0 Å². The van der Waals surface area contributed by atoms with Gasteiger partial charge in [-0.25, -0.2) is 0 Å². The van der Waals surface area contributed by atoms with E-state index in [9.17, 15) is 9.90 Å². The summed E-state index contributed by atoms with van der Waals surface area (Å²) >= 11 is 0. The Kier molecular flexibility index (Phi) is 7.91. The van der Waals surface area contributed by atoms with E-state index in [1.807, 2.05) is 38.1 Å². The Labute approximate surface area is 133 Å². The van der Waals surface area contributed by atoms with Crippen molar-refractivity contribution in [2.24, 2.45) is 0 Å². The summed E-state index contributed by atoms with van der Waals surface area (Å²) in [7, 11) is 1.78. The van der Waals surface area contributed by atoms with Gasteiger partial charge in [-0.2, -0.15) is 0 Å². The van der Waals surface area contributed by atoms with Gasteiger partial charge in [0.1, 0.15) is 18.5 Å². The fourth-order valence-electron chi connectivity index (χ4n) is 1.91. The van der Waals surface area contributed by atoms with Crippen LogP contribution in [0.15, 0.2) is 24.3 Å². The number of carbonyl (C=O) groups is 1. The average molecular weight is 308 g/mol. The average Bonchev–Trinajstić information content (AvgIpc) is 2.49. The molecule has 0 saturated heterocycles. The molecule has 0 fully saturated rings. The highest BCUT2D eigenvalue weighted by atomic mass is 16.5. The summed E-state index contributed by atoms with van der Waals surface area (Å²) in [4.78, 5) is 12.9. The number of nitrogens with one attached hydrogen (secondary N) is 1. The maximum Gasteiger partial charge on any atom is 0.219 e. The number of aliphatic hydroxyl groups is 1. The van der Waals surface area contributed by atoms with E-state index in [4.69, 9.17) is 4.74 Å². The lowest BCUT2D eigenvalue weighted by atomic mass is 10.1. The highest BCUT2D eigenvalue weighted by Crippen LogP contribution is 2.19. The van der Waals surface area contributed by atoms with Gasteiger partial charge >= 0.3 is 0 Å². The van der Waals surface area contributed by atoms with Gasteiger partial charge in [0.2, 0.25) is 5.91 Å². The summed E-state index contributed by atoms with van der Waals surface area (Å²) in [6, 6.07) is 8.08. The van der Waals surface area contributed by atoms with Crippen LogP contribution in [0.5, 0.6) is 5.75 Å². The predicted molar refractivity (Wildman–Crippen MR) is 88.1 cm³/mol. The predicted octanol–water partition coefficient (Wildman–Crippen LogP) is 1.45. The second kappa shape index (κ2) is 9.43. The minimum atomic E-state index is -0.546. The second-order valence-corrected chi connectivity index (χ2v) is 5.83. The van der Waals surface area contributed by atoms with E-state index in [-0.39, 0.29) is 12.5 Å². The largest absolute Gasteiger partial charge is 0.491 e. The van der Waals surface area contributed by atoms with Gasteiger partial charge in [-0.1, -0.05) is 32.0 Å². The van der Waals surface area contributed by atoms with Crippen LogP contribution < -0.4 is 10.1 Å². The third-order valence-corrected chi connectivity index (χ3v) is 3.42. The van der Waals surface area contributed by atoms with Crippen molar-refractivity contribution in [3.63, 3.8) is 0 Å². The molecule has 0 aliphatic rings. The van der Waals surface area contributed by atoms with Gasteiger partial charge in [0.15, 0.2) is 0 Å². The van der Waals surface area contributed by atoms with Crippen molar-refractivity contribution in [1.82, 2.24) is 10.2 Å². The number of carbonyl (C=O) groups excluding carboxylic acids is 1. The molecule has 1 rings (SSSR count). The van der Waals surface area contributed by atoms with E-state index in [1.54, 1.807) is 18.9 Å². The normalized spacial score (nSPS) is 12.3. The molecular weight excluding hydrogens is 280 g/mol. The molecule has 0 aliphatic carbocycles. The number of para-hydroxylation sites is 1. The molecule has 1 unspecified atom stereocenters. The van der Waals surface area contributed by atoms with Gasteiger partial charge in [0, 0.05) is 33.1 Å². The Morgan fingerprint density at radius 2 is 2.05 bits per heavy atom. The van der Waals surface area contributed by atoms with Crippen molar-refractivity contribution in [2.45, 2.75) is 39.3 Å². The lowest BCUT2D eigenvalue weighted by Crippen LogP contribution is -2.35. The Bertz CT molecular complexity index is 463. The van der Waals surface area contributed by atoms with E-state index in [2.05, 4.69) is 5.32 Å². The fourth-order valence-corrected chi connectivity index (χ4v) is 1.91. The number of rotatable bonds is 9. The van der Waals surface area contributed by atoms with Gasteiger partial charge in [-0.15, -0.1) is 0 Å². The minimum Gasteiger partial charge on any atom is -0.491 e. The molecule has 5 heteroatoms. The van der Waals surface area contributed by atoms with Gasteiger partial charge in [-0.05, 0) is 18.1 Å². The summed E-state index contributed by atoms with van der Waals surface area (Å²) < 4.78 is 5.73. The zero-order chi connectivity index (χ0) is 16.5. The van der Waals surface area contributed by atoms with Crippen LogP contribution in [0.3, 0.4) is 0 Å². The Morgan fingerprint density at radius 3 is 2.68 bits per heavy atom. The van der Waals surface area contributed by atoms with E-state index >= 15 is 0 Å². The molecule has 0 bridgehead atoms. The Hall–Kier alpha value is -1.59. The Morgan fingerprint density at radius 1 is 1.36 bits per heavy atom. The topological polar surface area (TPSA) is 61.8 Å². The van der Waals surface area contributed by atoms with E-state index in [1.165, 1.54) is 0 Å². The van der Waals surface area contributed by atoms with Crippen molar-refractivity contribution in [3.8, 4) is 5.75 Å². The molecule has 0 spiro atoms. The van der Waals surface area contributed by atoms with Crippen LogP contribution in [0, 0.1) is 0 Å². The molecule has 5 nitrogen and oxygen atoms in total. The first-order chi connectivity index (χ1) is 10.4. The third-order valence-electron chi connectivity index (χ3n) is 3.42. The molecule has 0 saturated carbocycles. The zero-order valence-electron chi connectivity index (χ0n) is 14.0. The lowest BCUT2D eigenvalue weighted by molar-refractivity contribution is -0.127. The molecule has 1 aromatic carbocycles. The molecule has 1 atom stereocenters. The summed E-state index contributed by atoms with van der Waals surface area (Å²) in [5.41, 5.74) is 1.04. The van der Waals surface area contributed by atoms with Crippen LogP contribution in [-0.2, 0) is 11.2 Å². The van der Waals surface area contributed by atoms with E-state index in [0.717, 1.165) is 17.7 Å². The summed E-state index contributed by atoms with van der Waals surface area (Å²) in [6.45, 7) is 7.03. The maximum absolute atomic E-state index is 11.2. The van der Waals surface area contributed by atoms with Crippen molar-refractivity contribution >= 4 is 5.91 Å². The molecule has 0 radical (unpaired) electrons. The molecule has 124 valence electrons. The molecule has 1 amide bonds.